The third kappa shape index (κ3) is 12.7. The summed E-state index contributed by atoms with van der Waals surface area (Å²) in [6.45, 7) is 16.7. The maximum atomic E-state index is 14.6. The first-order valence-electron chi connectivity index (χ1n) is 25.4. The van der Waals surface area contributed by atoms with Crippen LogP contribution in [0.25, 0.3) is 22.4 Å². The Labute approximate surface area is 438 Å². The monoisotopic (exact) mass is 1060 g/mol. The van der Waals surface area contributed by atoms with Gasteiger partial charge in [0.1, 0.15) is 35.0 Å². The van der Waals surface area contributed by atoms with Crippen molar-refractivity contribution < 1.29 is 72.4 Å². The molecule has 2 amide bonds. The molecule has 0 aliphatic carbocycles. The van der Waals surface area contributed by atoms with Crippen LogP contribution in [-0.2, 0) is 47.5 Å². The molecule has 3 saturated heterocycles. The lowest BCUT2D eigenvalue weighted by molar-refractivity contribution is -0.319. The Hall–Kier alpha value is -4.32. The zero-order valence-corrected chi connectivity index (χ0v) is 45.8. The molecular formula is C53H78ClN5O15. The van der Waals surface area contributed by atoms with Crippen LogP contribution in [0.4, 0.5) is 4.79 Å². The van der Waals surface area contributed by atoms with Crippen LogP contribution in [0.15, 0.2) is 42.5 Å². The van der Waals surface area contributed by atoms with Crippen LogP contribution in [-0.4, -0.2) is 167 Å². The summed E-state index contributed by atoms with van der Waals surface area (Å²) in [6, 6.07) is 11.7. The minimum atomic E-state index is -2.04. The number of nitrogens with one attached hydrogen (secondary N) is 3. The van der Waals surface area contributed by atoms with Crippen molar-refractivity contribution in [3.63, 3.8) is 0 Å². The fourth-order valence-corrected chi connectivity index (χ4v) is 11.1. The number of nitrogens with zero attached hydrogens (tertiary/aromatic N) is 2. The first-order chi connectivity index (χ1) is 34.7. The predicted octanol–water partition coefficient (Wildman–Crippen LogP) is 5.72. The van der Waals surface area contributed by atoms with Crippen molar-refractivity contribution in [2.75, 3.05) is 28.3 Å². The number of hydrazine groups is 1. The highest BCUT2D eigenvalue weighted by atomic mass is 35.5. The van der Waals surface area contributed by atoms with Crippen molar-refractivity contribution in [3.05, 3.63) is 53.1 Å². The van der Waals surface area contributed by atoms with Crippen LogP contribution in [0.1, 0.15) is 105 Å². The molecule has 0 unspecified atom stereocenters. The highest BCUT2D eigenvalue weighted by Crippen LogP contribution is 2.42. The van der Waals surface area contributed by atoms with Gasteiger partial charge in [-0.2, -0.15) is 0 Å². The fraction of sp³-hybridized carbons (Fsp3) is 0.679. The van der Waals surface area contributed by atoms with E-state index in [-0.39, 0.29) is 42.8 Å². The van der Waals surface area contributed by atoms with E-state index in [4.69, 9.17) is 49.5 Å². The van der Waals surface area contributed by atoms with Crippen LogP contribution >= 0.6 is 11.6 Å². The lowest BCUT2D eigenvalue weighted by Crippen LogP contribution is -2.62. The van der Waals surface area contributed by atoms with Crippen molar-refractivity contribution in [2.45, 2.75) is 179 Å². The second-order valence-electron chi connectivity index (χ2n) is 21.4. The van der Waals surface area contributed by atoms with Gasteiger partial charge >= 0.3 is 12.1 Å². The molecule has 412 valence electrons. The van der Waals surface area contributed by atoms with E-state index in [1.54, 1.807) is 78.8 Å². The average molecular weight is 1060 g/mol. The molecule has 1 aromatic heterocycles. The SMILES string of the molecule is CC[C@H]1OC(=O)[C@H](C)[C@@H](O[C@H]2C[C@@](C)(OC)[C@@H](OC(=O)NNC(=O)c3ccc4nc(-c5ccc(Cl)cc5)[nH]c4c3)[C@H](C)O2)[C@H](C)[C@@H](O[C@@H]2O[C@H](C)C[C@H](N(C)C)[C@H]2O)[C@](C)(OC)C[C@@H](C)C(=O)[C@H](C)[C@@H](O)[C@]1(C)O. The second kappa shape index (κ2) is 23.9. The van der Waals surface area contributed by atoms with Crippen molar-refractivity contribution >= 4 is 46.4 Å². The van der Waals surface area contributed by atoms with E-state index in [1.165, 1.54) is 28.1 Å². The van der Waals surface area contributed by atoms with Crippen LogP contribution in [0.5, 0.6) is 0 Å². The number of aromatic amines is 1. The van der Waals surface area contributed by atoms with Crippen LogP contribution in [0.3, 0.4) is 0 Å². The molecular weight excluding hydrogens is 982 g/mol. The number of ketones is 1. The molecule has 6 rings (SSSR count). The van der Waals surface area contributed by atoms with E-state index in [2.05, 4.69) is 20.8 Å². The number of halogens is 1. The first-order valence-corrected chi connectivity index (χ1v) is 25.8. The smallest absolute Gasteiger partial charge is 0.426 e. The van der Waals surface area contributed by atoms with E-state index >= 15 is 0 Å². The van der Waals surface area contributed by atoms with Gasteiger partial charge in [-0.25, -0.2) is 15.2 Å². The lowest BCUT2D eigenvalue weighted by atomic mass is 9.74. The van der Waals surface area contributed by atoms with E-state index in [1.807, 2.05) is 38.1 Å². The Morgan fingerprint density at radius 3 is 2.16 bits per heavy atom. The van der Waals surface area contributed by atoms with Crippen LogP contribution in [0, 0.1) is 23.7 Å². The molecule has 21 heteroatoms. The Morgan fingerprint density at radius 2 is 1.54 bits per heavy atom. The third-order valence-electron chi connectivity index (χ3n) is 15.6. The Balaban J connectivity index is 1.26. The largest absolute Gasteiger partial charge is 0.459 e. The van der Waals surface area contributed by atoms with Gasteiger partial charge in [0.05, 0.1) is 53.1 Å². The zero-order chi connectivity index (χ0) is 54.8. The molecule has 20 nitrogen and oxygen atoms in total. The molecule has 74 heavy (non-hydrogen) atoms. The van der Waals surface area contributed by atoms with Gasteiger partial charge in [-0.05, 0) is 117 Å². The van der Waals surface area contributed by atoms with Crippen LogP contribution in [0.2, 0.25) is 5.02 Å². The number of H-pyrrole nitrogens is 1. The second-order valence-corrected chi connectivity index (χ2v) is 21.9. The van der Waals surface area contributed by atoms with Gasteiger partial charge in [-0.3, -0.25) is 19.8 Å². The Kier molecular flexibility index (Phi) is 19.1. The number of aliphatic hydroxyl groups is 3. The van der Waals surface area contributed by atoms with Crippen molar-refractivity contribution in [1.29, 1.82) is 0 Å². The number of aliphatic hydroxyl groups excluding tert-OH is 2. The summed E-state index contributed by atoms with van der Waals surface area (Å²) in [5.74, 6) is -5.00. The third-order valence-corrected chi connectivity index (χ3v) is 15.9. The molecule has 0 spiro atoms. The van der Waals surface area contributed by atoms with Gasteiger partial charge in [0.2, 0.25) is 0 Å². The van der Waals surface area contributed by atoms with Gasteiger partial charge in [0, 0.05) is 60.6 Å². The molecule has 4 heterocycles. The van der Waals surface area contributed by atoms with E-state index in [9.17, 15) is 34.5 Å². The Bertz CT molecular complexity index is 2420. The minimum absolute atomic E-state index is 0.0421. The van der Waals surface area contributed by atoms with Gasteiger partial charge < -0.3 is 63.1 Å². The summed E-state index contributed by atoms with van der Waals surface area (Å²) in [7, 11) is 6.64. The first kappa shape index (κ1) is 58.9. The number of imidazole rings is 1. The quantitative estimate of drug-likeness (QED) is 0.0992. The molecule has 3 aromatic rings. The summed E-state index contributed by atoms with van der Waals surface area (Å²) in [5, 5.41) is 35.8. The maximum Gasteiger partial charge on any atom is 0.426 e. The fourth-order valence-electron chi connectivity index (χ4n) is 11.0. The zero-order valence-electron chi connectivity index (χ0n) is 45.0. The molecule has 2 aromatic carbocycles. The normalized spacial score (nSPS) is 37.7. The highest BCUT2D eigenvalue weighted by molar-refractivity contribution is 6.30. The van der Waals surface area contributed by atoms with E-state index in [0.29, 0.717) is 28.3 Å². The summed E-state index contributed by atoms with van der Waals surface area (Å²) >= 11 is 6.05. The van der Waals surface area contributed by atoms with Crippen molar-refractivity contribution in [3.8, 4) is 11.4 Å². The predicted molar refractivity (Wildman–Crippen MR) is 272 cm³/mol. The highest BCUT2D eigenvalue weighted by Gasteiger charge is 2.55. The summed E-state index contributed by atoms with van der Waals surface area (Å²) < 4.78 is 50.9. The molecule has 0 radical (unpaired) electrons. The molecule has 6 N–H and O–H groups in total. The minimum Gasteiger partial charge on any atom is -0.459 e. The number of Topliss-reactive ketones (excluding diaryl/α,β-unsaturated/α-hetero) is 1. The number of esters is 1. The van der Waals surface area contributed by atoms with Gasteiger partial charge in [0.25, 0.3) is 5.91 Å². The molecule has 3 aliphatic heterocycles. The lowest BCUT2D eigenvalue weighted by Gasteiger charge is -2.50. The number of carbonyl (C=O) groups excluding carboxylic acids is 4. The van der Waals surface area contributed by atoms with Gasteiger partial charge in [-0.15, -0.1) is 0 Å². The van der Waals surface area contributed by atoms with Gasteiger partial charge in [0.15, 0.2) is 18.7 Å². The number of carbonyl (C=O) groups is 4. The number of fused-ring (bicyclic) bond motifs is 1. The molecule has 0 bridgehead atoms. The summed E-state index contributed by atoms with van der Waals surface area (Å²) in [6.07, 6.45) is -11.2. The number of hydrogen-bond acceptors (Lipinski definition) is 17. The van der Waals surface area contributed by atoms with E-state index in [0.717, 1.165) is 5.56 Å². The topological polar surface area (TPSA) is 259 Å². The Morgan fingerprint density at radius 1 is 0.892 bits per heavy atom. The molecule has 3 aliphatic rings. The molecule has 3 fully saturated rings. The van der Waals surface area contributed by atoms with Gasteiger partial charge in [-0.1, -0.05) is 39.3 Å². The number of ether oxygens (including phenoxy) is 8. The van der Waals surface area contributed by atoms with E-state index < -0.39 is 114 Å². The number of amides is 2. The number of cyclic esters (lactones) is 1. The number of aromatic nitrogens is 2. The average Bonchev–Trinajstić information content (AvgIpc) is 3.80. The van der Waals surface area contributed by atoms with Crippen molar-refractivity contribution in [1.82, 2.24) is 25.7 Å². The maximum absolute atomic E-state index is 14.6. The number of rotatable bonds is 11. The number of likely N-dealkylation sites (N-methyl/N-ethyl adjacent to an activating group) is 1. The summed E-state index contributed by atoms with van der Waals surface area (Å²) in [4.78, 5) is 65.2. The molecule has 18 atom stereocenters. The number of benzene rings is 2. The standard InChI is InChI=1S/C53H78ClN5O15/c1-15-38-53(10,66)43(62)28(4)40(60)26(2)24-51(8,67-13)44(73-49-41(61)37(59(11)12)22-27(3)69-49)29(5)42(30(6)48(64)71-38)72-39-25-52(9,68-14)45(31(7)70-39)74-50(65)58-57-47(63)33-18-21-35-36(23-33)56-46(55-35)32-16-19-34(54)20-17-32/h16-21,23,26-31,37-39,41-45,49,61-62,66H,15,22,24-25H2,1-14H3,(H,55,56)(H,57,63)(H,58,65)/t26-,27-,28+,29+,30-,31+,37+,38-,39+,41-,42+,43-,44-,45+,49+,51-,52-,53-/m1/s1. The number of hydrogen-bond donors (Lipinski definition) is 6. The number of methoxy groups -OCH3 is 2. The molecule has 0 saturated carbocycles. The van der Waals surface area contributed by atoms with Crippen molar-refractivity contribution in [2.24, 2.45) is 23.7 Å². The van der Waals surface area contributed by atoms with Crippen LogP contribution < -0.4 is 10.9 Å². The summed E-state index contributed by atoms with van der Waals surface area (Å²) in [5.41, 5.74) is 2.28.